The summed E-state index contributed by atoms with van der Waals surface area (Å²) in [7, 11) is 0. The van der Waals surface area contributed by atoms with Crippen molar-refractivity contribution in [3.63, 3.8) is 0 Å². The third kappa shape index (κ3) is 4.46. The summed E-state index contributed by atoms with van der Waals surface area (Å²) in [5.41, 5.74) is 2.55. The van der Waals surface area contributed by atoms with Crippen LogP contribution in [0.15, 0.2) is 52.6 Å². The van der Waals surface area contributed by atoms with Crippen LogP contribution in [0, 0.1) is 0 Å². The Morgan fingerprint density at radius 1 is 1.11 bits per heavy atom. The van der Waals surface area contributed by atoms with Gasteiger partial charge in [0, 0.05) is 23.4 Å². The van der Waals surface area contributed by atoms with Crippen LogP contribution in [0.25, 0.3) is 22.4 Å². The fourth-order valence-electron chi connectivity index (χ4n) is 4.79. The minimum Gasteiger partial charge on any atom is -0.387 e. The highest BCUT2D eigenvalue weighted by atomic mass is 35.5. The molecular weight excluding hydrogens is 504 g/mol. The van der Waals surface area contributed by atoms with Crippen molar-refractivity contribution in [2.24, 2.45) is 0 Å². The van der Waals surface area contributed by atoms with Crippen LogP contribution < -0.4 is 5.32 Å². The first kappa shape index (κ1) is 23.7. The molecule has 0 unspecified atom stereocenters. The van der Waals surface area contributed by atoms with E-state index in [0.29, 0.717) is 44.6 Å². The Labute approximate surface area is 216 Å². The molecule has 0 radical (unpaired) electrons. The number of rotatable bonds is 7. The number of hydrogen-bond donors (Lipinski definition) is 3. The number of anilines is 1. The Bertz CT molecular complexity index is 1360. The van der Waals surface area contributed by atoms with Crippen LogP contribution in [-0.2, 0) is 4.74 Å². The minimum absolute atomic E-state index is 0.349. The molecule has 3 N–H and O–H groups in total. The second kappa shape index (κ2) is 9.98. The molecule has 12 heteroatoms. The van der Waals surface area contributed by atoms with Crippen molar-refractivity contribution in [3.8, 4) is 11.3 Å². The Kier molecular flexibility index (Phi) is 6.57. The van der Waals surface area contributed by atoms with E-state index in [2.05, 4.69) is 25.4 Å². The zero-order valence-electron chi connectivity index (χ0n) is 19.2. The van der Waals surface area contributed by atoms with Crippen molar-refractivity contribution in [2.75, 3.05) is 11.1 Å². The summed E-state index contributed by atoms with van der Waals surface area (Å²) < 4.78 is 13.2. The molecule has 4 heterocycles. The average molecular weight is 529 g/mol. The van der Waals surface area contributed by atoms with Crippen molar-refractivity contribution >= 4 is 40.3 Å². The van der Waals surface area contributed by atoms with Gasteiger partial charge in [0.25, 0.3) is 0 Å². The van der Waals surface area contributed by atoms with Crippen molar-refractivity contribution in [3.05, 3.63) is 48.0 Å². The molecule has 0 amide bonds. The van der Waals surface area contributed by atoms with E-state index in [4.69, 9.17) is 20.9 Å². The van der Waals surface area contributed by atoms with Gasteiger partial charge < -0.3 is 24.8 Å². The molecule has 1 aliphatic heterocycles. The SMILES string of the molecule is O[C@@H]1[C@H](O)[C@H](CSc2cc(-c3ccccc3Cl)no2)O[C@H]1n1cnc2c(NC3CCCC3)ncnc21. The normalized spacial score (nSPS) is 24.6. The maximum absolute atomic E-state index is 10.8. The lowest BCUT2D eigenvalue weighted by molar-refractivity contribution is -0.0289. The van der Waals surface area contributed by atoms with Gasteiger partial charge in [0.1, 0.15) is 24.2 Å². The zero-order chi connectivity index (χ0) is 24.6. The van der Waals surface area contributed by atoms with Gasteiger partial charge in [0.2, 0.25) is 0 Å². The number of nitrogens with zero attached hydrogens (tertiary/aromatic N) is 5. The number of imidazole rings is 1. The van der Waals surface area contributed by atoms with E-state index in [0.717, 1.165) is 18.4 Å². The molecule has 188 valence electrons. The van der Waals surface area contributed by atoms with Crippen LogP contribution >= 0.6 is 23.4 Å². The molecule has 36 heavy (non-hydrogen) atoms. The molecule has 0 spiro atoms. The van der Waals surface area contributed by atoms with E-state index in [-0.39, 0.29) is 0 Å². The van der Waals surface area contributed by atoms with E-state index >= 15 is 0 Å². The third-order valence-electron chi connectivity index (χ3n) is 6.69. The summed E-state index contributed by atoms with van der Waals surface area (Å²) in [5.74, 6) is 1.02. The molecule has 6 rings (SSSR count). The van der Waals surface area contributed by atoms with E-state index in [1.165, 1.54) is 30.9 Å². The van der Waals surface area contributed by atoms with Crippen molar-refractivity contribution < 1.29 is 19.5 Å². The molecule has 2 aliphatic rings. The maximum atomic E-state index is 10.8. The number of hydrogen-bond acceptors (Lipinski definition) is 10. The highest BCUT2D eigenvalue weighted by Gasteiger charge is 2.44. The number of aliphatic hydroxyl groups excluding tert-OH is 2. The maximum Gasteiger partial charge on any atom is 0.193 e. The van der Waals surface area contributed by atoms with Gasteiger partial charge in [-0.05, 0) is 18.9 Å². The highest BCUT2D eigenvalue weighted by molar-refractivity contribution is 7.99. The van der Waals surface area contributed by atoms with Crippen LogP contribution in [0.4, 0.5) is 5.82 Å². The number of halogens is 1. The summed E-state index contributed by atoms with van der Waals surface area (Å²) in [4.78, 5) is 13.2. The van der Waals surface area contributed by atoms with Crippen molar-refractivity contribution in [1.82, 2.24) is 24.7 Å². The van der Waals surface area contributed by atoms with Crippen LogP contribution in [0.1, 0.15) is 31.9 Å². The van der Waals surface area contributed by atoms with Gasteiger partial charge in [0.15, 0.2) is 28.3 Å². The van der Waals surface area contributed by atoms with Gasteiger partial charge in [-0.25, -0.2) is 15.0 Å². The Morgan fingerprint density at radius 2 is 1.94 bits per heavy atom. The molecule has 4 atom stereocenters. The van der Waals surface area contributed by atoms with Gasteiger partial charge in [-0.2, -0.15) is 0 Å². The number of thioether (sulfide) groups is 1. The van der Waals surface area contributed by atoms with Crippen LogP contribution in [0.3, 0.4) is 0 Å². The summed E-state index contributed by atoms with van der Waals surface area (Å²) in [5, 5.41) is 30.2. The fourth-order valence-corrected chi connectivity index (χ4v) is 5.91. The predicted octanol–water partition coefficient (Wildman–Crippen LogP) is 3.90. The molecule has 0 bridgehead atoms. The average Bonchev–Trinajstić information content (AvgIpc) is 3.68. The number of aliphatic hydroxyl groups is 2. The van der Waals surface area contributed by atoms with E-state index in [9.17, 15) is 10.2 Å². The lowest BCUT2D eigenvalue weighted by atomic mass is 10.1. The molecule has 1 saturated carbocycles. The number of aromatic nitrogens is 5. The topological polar surface area (TPSA) is 131 Å². The van der Waals surface area contributed by atoms with Gasteiger partial charge >= 0.3 is 0 Å². The zero-order valence-corrected chi connectivity index (χ0v) is 20.8. The van der Waals surface area contributed by atoms with Crippen LogP contribution in [0.5, 0.6) is 0 Å². The third-order valence-corrected chi connectivity index (χ3v) is 8.00. The second-order valence-corrected chi connectivity index (χ2v) is 10.5. The van der Waals surface area contributed by atoms with E-state index in [1.54, 1.807) is 23.0 Å². The number of benzene rings is 1. The first-order valence-corrected chi connectivity index (χ1v) is 13.2. The first-order chi connectivity index (χ1) is 17.6. The van der Waals surface area contributed by atoms with Gasteiger partial charge in [-0.1, -0.05) is 59.6 Å². The van der Waals surface area contributed by atoms with Crippen LogP contribution in [0.2, 0.25) is 5.02 Å². The second-order valence-electron chi connectivity index (χ2n) is 9.04. The quantitative estimate of drug-likeness (QED) is 0.303. The van der Waals surface area contributed by atoms with Gasteiger partial charge in [-0.15, -0.1) is 0 Å². The molecule has 3 aromatic heterocycles. The molecule has 1 aliphatic carbocycles. The predicted molar refractivity (Wildman–Crippen MR) is 135 cm³/mol. The summed E-state index contributed by atoms with van der Waals surface area (Å²) >= 11 is 7.59. The lowest BCUT2D eigenvalue weighted by Gasteiger charge is -2.17. The smallest absolute Gasteiger partial charge is 0.193 e. The monoisotopic (exact) mass is 528 g/mol. The number of nitrogens with one attached hydrogen (secondary N) is 1. The van der Waals surface area contributed by atoms with E-state index < -0.39 is 24.5 Å². The van der Waals surface area contributed by atoms with Gasteiger partial charge in [-0.3, -0.25) is 4.57 Å². The molecule has 10 nitrogen and oxygen atoms in total. The molecule has 4 aromatic rings. The number of fused-ring (bicyclic) bond motifs is 1. The molecule has 1 saturated heterocycles. The summed E-state index contributed by atoms with van der Waals surface area (Å²) in [6.45, 7) is 0. The number of ether oxygens (including phenoxy) is 1. The fraction of sp³-hybridized carbons (Fsp3) is 0.417. The Balaban J connectivity index is 1.16. The van der Waals surface area contributed by atoms with Gasteiger partial charge in [0.05, 0.1) is 17.5 Å². The highest BCUT2D eigenvalue weighted by Crippen LogP contribution is 2.36. The first-order valence-electron chi connectivity index (χ1n) is 11.9. The van der Waals surface area contributed by atoms with Crippen LogP contribution in [-0.4, -0.2) is 65.0 Å². The standard InChI is InChI=1S/C24H25ClN6O4S/c25-15-8-4-3-7-14(15)16-9-18(35-30-16)36-10-17-20(32)21(33)24(34-17)31-12-28-19-22(26-11-27-23(19)31)29-13-5-1-2-6-13/h3-4,7-9,11-13,17,20-21,24,32-33H,1-2,5-6,10H2,(H,26,27,29)/t17-,20+,21+,24+/m0/s1. The largest absolute Gasteiger partial charge is 0.387 e. The van der Waals surface area contributed by atoms with Crippen molar-refractivity contribution in [1.29, 1.82) is 0 Å². The Hall–Kier alpha value is -2.70. The molecule has 2 fully saturated rings. The molecular formula is C24H25ClN6O4S. The summed E-state index contributed by atoms with van der Waals surface area (Å²) in [6.07, 6.45) is 3.94. The van der Waals surface area contributed by atoms with Crippen molar-refractivity contribution in [2.45, 2.75) is 61.4 Å². The summed E-state index contributed by atoms with van der Waals surface area (Å²) in [6, 6.07) is 9.56. The minimum atomic E-state index is -1.15. The lowest BCUT2D eigenvalue weighted by Crippen LogP contribution is -2.32. The Morgan fingerprint density at radius 3 is 2.78 bits per heavy atom. The van der Waals surface area contributed by atoms with E-state index in [1.807, 2.05) is 18.2 Å². The molecule has 1 aromatic carbocycles.